The van der Waals surface area contributed by atoms with Gasteiger partial charge in [-0.3, -0.25) is 9.69 Å². The third-order valence-corrected chi connectivity index (χ3v) is 6.77. The molecule has 4 nitrogen and oxygen atoms in total. The highest BCUT2D eigenvalue weighted by Gasteiger charge is 2.27. The van der Waals surface area contributed by atoms with Crippen LogP contribution in [0.15, 0.2) is 53.4 Å². The van der Waals surface area contributed by atoms with Crippen LogP contribution in [0.5, 0.6) is 0 Å². The molecule has 0 aromatic heterocycles. The molecule has 0 aliphatic carbocycles. The first-order valence-electron chi connectivity index (χ1n) is 9.95. The highest BCUT2D eigenvalue weighted by molar-refractivity contribution is 8.01. The van der Waals surface area contributed by atoms with Gasteiger partial charge in [0.25, 0.3) is 0 Å². The Morgan fingerprint density at radius 2 is 1.82 bits per heavy atom. The highest BCUT2D eigenvalue weighted by atomic mass is 32.2. The number of fused-ring (bicyclic) bond motifs is 1. The van der Waals surface area contributed by atoms with Gasteiger partial charge in [0.2, 0.25) is 5.91 Å². The molecule has 0 radical (unpaired) electrons. The SMILES string of the molecule is O=C(NCCCN1CCN(c2ccccc2F)CC1)C1Cc2ccccc2S1. The van der Waals surface area contributed by atoms with Gasteiger partial charge in [-0.1, -0.05) is 30.3 Å². The molecule has 1 fully saturated rings. The van der Waals surface area contributed by atoms with Crippen LogP contribution in [0, 0.1) is 5.82 Å². The average Bonchev–Trinajstić information content (AvgIpc) is 3.16. The van der Waals surface area contributed by atoms with E-state index in [4.69, 9.17) is 0 Å². The van der Waals surface area contributed by atoms with Crippen molar-refractivity contribution in [2.75, 3.05) is 44.2 Å². The summed E-state index contributed by atoms with van der Waals surface area (Å²) in [5, 5.41) is 3.10. The third-order valence-electron chi connectivity index (χ3n) is 5.46. The zero-order valence-electron chi connectivity index (χ0n) is 15.9. The molecule has 6 heteroatoms. The number of hydrogen-bond donors (Lipinski definition) is 1. The van der Waals surface area contributed by atoms with E-state index in [1.54, 1.807) is 17.8 Å². The predicted molar refractivity (Wildman–Crippen MR) is 112 cm³/mol. The molecule has 1 saturated heterocycles. The van der Waals surface area contributed by atoms with Crippen LogP contribution in [0.2, 0.25) is 0 Å². The van der Waals surface area contributed by atoms with E-state index >= 15 is 0 Å². The second-order valence-electron chi connectivity index (χ2n) is 7.34. The fourth-order valence-corrected chi connectivity index (χ4v) is 5.10. The number of amides is 1. The number of carbonyl (C=O) groups is 1. The Morgan fingerprint density at radius 3 is 2.61 bits per heavy atom. The second-order valence-corrected chi connectivity index (χ2v) is 8.59. The summed E-state index contributed by atoms with van der Waals surface area (Å²) in [6, 6.07) is 15.2. The van der Waals surface area contributed by atoms with E-state index in [0.29, 0.717) is 12.2 Å². The molecule has 1 N–H and O–H groups in total. The summed E-state index contributed by atoms with van der Waals surface area (Å²) in [6.45, 7) is 5.20. The topological polar surface area (TPSA) is 35.6 Å². The number of para-hydroxylation sites is 1. The number of piperazine rings is 1. The first-order valence-corrected chi connectivity index (χ1v) is 10.8. The van der Waals surface area contributed by atoms with Gasteiger partial charge in [-0.05, 0) is 43.1 Å². The molecule has 0 bridgehead atoms. The van der Waals surface area contributed by atoms with Crippen LogP contribution in [0.3, 0.4) is 0 Å². The lowest BCUT2D eigenvalue weighted by Gasteiger charge is -2.36. The number of carbonyl (C=O) groups excluding carboxylic acids is 1. The number of nitrogens with one attached hydrogen (secondary N) is 1. The number of rotatable bonds is 6. The molecule has 0 spiro atoms. The zero-order chi connectivity index (χ0) is 19.3. The van der Waals surface area contributed by atoms with Crippen molar-refractivity contribution < 1.29 is 9.18 Å². The van der Waals surface area contributed by atoms with Gasteiger partial charge < -0.3 is 10.2 Å². The fraction of sp³-hybridized carbons (Fsp3) is 0.409. The quantitative estimate of drug-likeness (QED) is 0.757. The van der Waals surface area contributed by atoms with E-state index in [-0.39, 0.29) is 17.0 Å². The smallest absolute Gasteiger partial charge is 0.233 e. The minimum atomic E-state index is -0.148. The maximum absolute atomic E-state index is 13.9. The number of thioether (sulfide) groups is 1. The van der Waals surface area contributed by atoms with E-state index in [1.807, 2.05) is 24.3 Å². The van der Waals surface area contributed by atoms with Crippen molar-refractivity contribution in [2.24, 2.45) is 0 Å². The third kappa shape index (κ3) is 4.50. The molecule has 4 rings (SSSR count). The lowest BCUT2D eigenvalue weighted by Crippen LogP contribution is -2.47. The zero-order valence-corrected chi connectivity index (χ0v) is 16.8. The van der Waals surface area contributed by atoms with Crippen molar-refractivity contribution in [1.82, 2.24) is 10.2 Å². The Kier molecular flexibility index (Phi) is 6.17. The summed E-state index contributed by atoms with van der Waals surface area (Å²) >= 11 is 1.67. The first-order chi connectivity index (χ1) is 13.7. The van der Waals surface area contributed by atoms with Gasteiger partial charge in [-0.25, -0.2) is 4.39 Å². The molecule has 1 amide bonds. The lowest BCUT2D eigenvalue weighted by atomic mass is 10.1. The number of halogens is 1. The Labute approximate surface area is 170 Å². The Morgan fingerprint density at radius 1 is 1.07 bits per heavy atom. The molecular weight excluding hydrogens is 373 g/mol. The van der Waals surface area contributed by atoms with Crippen molar-refractivity contribution in [3.8, 4) is 0 Å². The summed E-state index contributed by atoms with van der Waals surface area (Å²) in [6.07, 6.45) is 1.76. The summed E-state index contributed by atoms with van der Waals surface area (Å²) in [5.74, 6) is -0.00355. The van der Waals surface area contributed by atoms with Gasteiger partial charge >= 0.3 is 0 Å². The summed E-state index contributed by atoms with van der Waals surface area (Å²) < 4.78 is 13.9. The summed E-state index contributed by atoms with van der Waals surface area (Å²) in [5.41, 5.74) is 1.98. The van der Waals surface area contributed by atoms with Crippen LogP contribution in [-0.2, 0) is 11.2 Å². The molecule has 1 unspecified atom stereocenters. The predicted octanol–water partition coefficient (Wildman–Crippen LogP) is 3.17. The summed E-state index contributed by atoms with van der Waals surface area (Å²) in [7, 11) is 0. The van der Waals surface area contributed by atoms with E-state index in [9.17, 15) is 9.18 Å². The lowest BCUT2D eigenvalue weighted by molar-refractivity contribution is -0.120. The van der Waals surface area contributed by atoms with E-state index in [0.717, 1.165) is 45.6 Å². The van der Waals surface area contributed by atoms with Crippen LogP contribution in [-0.4, -0.2) is 55.3 Å². The molecule has 2 aliphatic heterocycles. The molecule has 0 saturated carbocycles. The molecule has 2 heterocycles. The minimum Gasteiger partial charge on any atom is -0.367 e. The number of benzene rings is 2. The molecule has 2 aromatic carbocycles. The van der Waals surface area contributed by atoms with Crippen LogP contribution in [0.1, 0.15) is 12.0 Å². The largest absolute Gasteiger partial charge is 0.367 e. The van der Waals surface area contributed by atoms with Gasteiger partial charge in [-0.2, -0.15) is 0 Å². The molecular formula is C22H26FN3OS. The van der Waals surface area contributed by atoms with Crippen LogP contribution in [0.25, 0.3) is 0 Å². The molecule has 148 valence electrons. The van der Waals surface area contributed by atoms with Gasteiger partial charge in [-0.15, -0.1) is 11.8 Å². The van der Waals surface area contributed by atoms with E-state index in [2.05, 4.69) is 27.2 Å². The normalized spacial score (nSPS) is 19.5. The summed E-state index contributed by atoms with van der Waals surface area (Å²) in [4.78, 5) is 18.1. The Hall–Kier alpha value is -2.05. The second kappa shape index (κ2) is 8.97. The van der Waals surface area contributed by atoms with E-state index in [1.165, 1.54) is 16.5 Å². The Balaban J connectivity index is 1.14. The maximum atomic E-state index is 13.9. The molecule has 2 aromatic rings. The van der Waals surface area contributed by atoms with Crippen molar-refractivity contribution in [3.63, 3.8) is 0 Å². The molecule has 1 atom stereocenters. The van der Waals surface area contributed by atoms with Gasteiger partial charge in [0, 0.05) is 37.6 Å². The first kappa shape index (κ1) is 19.3. The number of hydrogen-bond acceptors (Lipinski definition) is 4. The standard InChI is InChI=1S/C22H26FN3OS/c23-18-7-2-3-8-19(18)26-14-12-25(13-15-26)11-5-10-24-22(27)21-16-17-6-1-4-9-20(17)28-21/h1-4,6-9,21H,5,10-16H2,(H,24,27). The number of anilines is 1. The van der Waals surface area contributed by atoms with Crippen molar-refractivity contribution in [3.05, 3.63) is 59.9 Å². The highest BCUT2D eigenvalue weighted by Crippen LogP contribution is 2.36. The van der Waals surface area contributed by atoms with Gasteiger partial charge in [0.1, 0.15) is 5.82 Å². The molecule has 2 aliphatic rings. The Bertz CT molecular complexity index is 798. The van der Waals surface area contributed by atoms with Gasteiger partial charge in [0.05, 0.1) is 10.9 Å². The van der Waals surface area contributed by atoms with Crippen LogP contribution in [0.4, 0.5) is 10.1 Å². The van der Waals surface area contributed by atoms with Crippen molar-refractivity contribution >= 4 is 23.4 Å². The number of nitrogens with zero attached hydrogens (tertiary/aromatic N) is 2. The maximum Gasteiger partial charge on any atom is 0.233 e. The average molecular weight is 400 g/mol. The van der Waals surface area contributed by atoms with E-state index < -0.39 is 0 Å². The monoisotopic (exact) mass is 399 g/mol. The fourth-order valence-electron chi connectivity index (χ4n) is 3.88. The van der Waals surface area contributed by atoms with Crippen molar-refractivity contribution in [2.45, 2.75) is 23.0 Å². The van der Waals surface area contributed by atoms with Crippen LogP contribution < -0.4 is 10.2 Å². The molecule has 28 heavy (non-hydrogen) atoms. The van der Waals surface area contributed by atoms with Gasteiger partial charge in [0.15, 0.2) is 0 Å². The van der Waals surface area contributed by atoms with Crippen molar-refractivity contribution in [1.29, 1.82) is 0 Å². The minimum absolute atomic E-state index is 0.00159. The van der Waals surface area contributed by atoms with Crippen LogP contribution >= 0.6 is 11.8 Å².